The van der Waals surface area contributed by atoms with Gasteiger partial charge in [0.25, 0.3) is 0 Å². The average Bonchev–Trinajstić information content (AvgIpc) is 2.95. The van der Waals surface area contributed by atoms with Gasteiger partial charge in [0.2, 0.25) is 0 Å². The number of rotatable bonds is 3. The highest BCUT2D eigenvalue weighted by Crippen LogP contribution is 2.34. The fourth-order valence-corrected chi connectivity index (χ4v) is 2.68. The van der Waals surface area contributed by atoms with Crippen LogP contribution in [0.3, 0.4) is 0 Å². The zero-order chi connectivity index (χ0) is 13.2. The summed E-state index contributed by atoms with van der Waals surface area (Å²) in [4.78, 5) is 0. The molecule has 1 atom stereocenters. The molecular formula is C16H17ClO2. The van der Waals surface area contributed by atoms with E-state index in [1.807, 2.05) is 24.3 Å². The van der Waals surface area contributed by atoms with E-state index in [9.17, 15) is 0 Å². The molecule has 1 aliphatic heterocycles. The van der Waals surface area contributed by atoms with Gasteiger partial charge >= 0.3 is 0 Å². The van der Waals surface area contributed by atoms with Crippen molar-refractivity contribution < 1.29 is 9.15 Å². The Labute approximate surface area is 118 Å². The summed E-state index contributed by atoms with van der Waals surface area (Å²) >= 11 is 6.51. The van der Waals surface area contributed by atoms with Crippen LogP contribution < -0.4 is 4.74 Å². The topological polar surface area (TPSA) is 22.4 Å². The van der Waals surface area contributed by atoms with Crippen LogP contribution in [0.4, 0.5) is 0 Å². The molecule has 0 bridgehead atoms. The third kappa shape index (κ3) is 2.50. The second kappa shape index (κ2) is 5.30. The van der Waals surface area contributed by atoms with E-state index >= 15 is 0 Å². The van der Waals surface area contributed by atoms with Gasteiger partial charge in [0.1, 0.15) is 22.6 Å². The number of ether oxygens (including phenoxy) is 1. The number of benzene rings is 1. The van der Waals surface area contributed by atoms with Crippen molar-refractivity contribution in [2.24, 2.45) is 0 Å². The van der Waals surface area contributed by atoms with Crippen LogP contribution in [0.2, 0.25) is 0 Å². The maximum Gasteiger partial charge on any atom is 0.126 e. The van der Waals surface area contributed by atoms with E-state index < -0.39 is 0 Å². The lowest BCUT2D eigenvalue weighted by atomic mass is 10.0. The first kappa shape index (κ1) is 12.6. The average molecular weight is 277 g/mol. The molecule has 0 spiro atoms. The van der Waals surface area contributed by atoms with E-state index in [1.54, 1.807) is 0 Å². The Hall–Kier alpha value is -1.41. The predicted octanol–water partition coefficient (Wildman–Crippen LogP) is 4.50. The summed E-state index contributed by atoms with van der Waals surface area (Å²) in [5, 5.41) is -0.229. The van der Waals surface area contributed by atoms with E-state index in [-0.39, 0.29) is 5.38 Å². The van der Waals surface area contributed by atoms with Gasteiger partial charge in [0, 0.05) is 6.42 Å². The van der Waals surface area contributed by atoms with Crippen LogP contribution in [0, 0.1) is 0 Å². The van der Waals surface area contributed by atoms with Gasteiger partial charge in [-0.1, -0.05) is 19.1 Å². The Kier molecular flexibility index (Phi) is 3.52. The Morgan fingerprint density at radius 2 is 2.16 bits per heavy atom. The maximum absolute atomic E-state index is 6.51. The van der Waals surface area contributed by atoms with Crippen molar-refractivity contribution >= 4 is 11.6 Å². The van der Waals surface area contributed by atoms with Crippen molar-refractivity contribution in [3.8, 4) is 5.75 Å². The number of halogens is 1. The van der Waals surface area contributed by atoms with E-state index in [4.69, 9.17) is 20.8 Å². The molecule has 2 heterocycles. The smallest absolute Gasteiger partial charge is 0.126 e. The number of fused-ring (bicyclic) bond motifs is 1. The minimum Gasteiger partial charge on any atom is -0.493 e. The molecule has 1 aliphatic rings. The van der Waals surface area contributed by atoms with Gasteiger partial charge in [0.05, 0.1) is 6.61 Å². The number of aryl methyl sites for hydroxylation is 2. The Balaban J connectivity index is 1.88. The lowest BCUT2D eigenvalue weighted by Gasteiger charge is -2.18. The number of hydrogen-bond donors (Lipinski definition) is 0. The van der Waals surface area contributed by atoms with Gasteiger partial charge in [-0.25, -0.2) is 0 Å². The van der Waals surface area contributed by atoms with Crippen molar-refractivity contribution in [1.82, 2.24) is 0 Å². The summed E-state index contributed by atoms with van der Waals surface area (Å²) in [6.07, 6.45) is 3.02. The normalized spacial score (nSPS) is 15.7. The van der Waals surface area contributed by atoms with Crippen LogP contribution in [0.1, 0.15) is 41.4 Å². The van der Waals surface area contributed by atoms with Crippen LogP contribution >= 0.6 is 11.6 Å². The molecule has 0 amide bonds. The summed E-state index contributed by atoms with van der Waals surface area (Å²) in [6.45, 7) is 2.89. The van der Waals surface area contributed by atoms with Crippen LogP contribution in [-0.4, -0.2) is 6.61 Å². The molecule has 1 aromatic heterocycles. The van der Waals surface area contributed by atoms with Gasteiger partial charge in [-0.2, -0.15) is 0 Å². The lowest BCUT2D eigenvalue weighted by Crippen LogP contribution is -2.08. The number of furan rings is 1. The third-order valence-corrected chi connectivity index (χ3v) is 3.97. The molecule has 0 radical (unpaired) electrons. The molecule has 3 heteroatoms. The van der Waals surface area contributed by atoms with E-state index in [0.29, 0.717) is 0 Å². The molecule has 1 unspecified atom stereocenters. The molecular weight excluding hydrogens is 260 g/mol. The minimum absolute atomic E-state index is 0.229. The highest BCUT2D eigenvalue weighted by molar-refractivity contribution is 6.22. The van der Waals surface area contributed by atoms with Crippen molar-refractivity contribution in [2.75, 3.05) is 6.61 Å². The molecule has 3 rings (SSSR count). The second-order valence-corrected chi connectivity index (χ2v) is 5.28. The van der Waals surface area contributed by atoms with E-state index in [2.05, 4.69) is 13.0 Å². The Morgan fingerprint density at radius 1 is 1.26 bits per heavy atom. The number of hydrogen-bond acceptors (Lipinski definition) is 2. The highest BCUT2D eigenvalue weighted by atomic mass is 35.5. The van der Waals surface area contributed by atoms with Crippen LogP contribution in [-0.2, 0) is 12.8 Å². The van der Waals surface area contributed by atoms with E-state index in [0.717, 1.165) is 48.7 Å². The molecule has 19 heavy (non-hydrogen) atoms. The zero-order valence-corrected chi connectivity index (χ0v) is 11.7. The molecule has 100 valence electrons. The van der Waals surface area contributed by atoms with Gasteiger partial charge in [0.15, 0.2) is 0 Å². The molecule has 0 saturated heterocycles. The lowest BCUT2D eigenvalue weighted by molar-refractivity contribution is 0.288. The highest BCUT2D eigenvalue weighted by Gasteiger charge is 2.18. The predicted molar refractivity (Wildman–Crippen MR) is 76.0 cm³/mol. The van der Waals surface area contributed by atoms with Gasteiger partial charge < -0.3 is 9.15 Å². The molecule has 0 aliphatic carbocycles. The summed E-state index contributed by atoms with van der Waals surface area (Å²) in [5.41, 5.74) is 2.32. The first-order chi connectivity index (χ1) is 9.28. The zero-order valence-electron chi connectivity index (χ0n) is 11.0. The Morgan fingerprint density at radius 3 is 2.95 bits per heavy atom. The molecule has 2 nitrogen and oxygen atoms in total. The fraction of sp³-hybridized carbons (Fsp3) is 0.375. The molecule has 0 N–H and O–H groups in total. The van der Waals surface area contributed by atoms with Crippen LogP contribution in [0.5, 0.6) is 5.75 Å². The number of alkyl halides is 1. The molecule has 0 saturated carbocycles. The van der Waals surface area contributed by atoms with Gasteiger partial charge in [-0.15, -0.1) is 11.6 Å². The first-order valence-corrected chi connectivity index (χ1v) is 7.20. The Bertz CT molecular complexity index is 574. The van der Waals surface area contributed by atoms with Crippen molar-refractivity contribution in [1.29, 1.82) is 0 Å². The van der Waals surface area contributed by atoms with Crippen molar-refractivity contribution in [3.63, 3.8) is 0 Å². The summed E-state index contributed by atoms with van der Waals surface area (Å²) < 4.78 is 11.3. The minimum atomic E-state index is -0.229. The third-order valence-electron chi connectivity index (χ3n) is 3.51. The quantitative estimate of drug-likeness (QED) is 0.771. The van der Waals surface area contributed by atoms with Crippen LogP contribution in [0.15, 0.2) is 34.7 Å². The summed E-state index contributed by atoms with van der Waals surface area (Å²) in [7, 11) is 0. The second-order valence-electron chi connectivity index (χ2n) is 4.84. The van der Waals surface area contributed by atoms with Crippen LogP contribution in [0.25, 0.3) is 0 Å². The molecule has 2 aromatic rings. The summed E-state index contributed by atoms with van der Waals surface area (Å²) in [5.74, 6) is 2.78. The summed E-state index contributed by atoms with van der Waals surface area (Å²) in [6, 6.07) is 10.1. The first-order valence-electron chi connectivity index (χ1n) is 6.76. The van der Waals surface area contributed by atoms with Gasteiger partial charge in [-0.05, 0) is 42.2 Å². The maximum atomic E-state index is 6.51. The van der Waals surface area contributed by atoms with Gasteiger partial charge in [-0.3, -0.25) is 0 Å². The van der Waals surface area contributed by atoms with Crippen molar-refractivity contribution in [3.05, 3.63) is 53.0 Å². The fourth-order valence-electron chi connectivity index (χ4n) is 2.42. The molecule has 0 fully saturated rings. The van der Waals surface area contributed by atoms with Crippen molar-refractivity contribution in [2.45, 2.75) is 31.6 Å². The largest absolute Gasteiger partial charge is 0.493 e. The molecule has 1 aromatic carbocycles. The standard InChI is InChI=1S/C16H17ClO2/c1-2-13-6-8-15(19-13)16(17)12-5-7-14-11(10-12)4-3-9-18-14/h5-8,10,16H,2-4,9H2,1H3. The van der Waals surface area contributed by atoms with E-state index in [1.165, 1.54) is 5.56 Å². The SMILES string of the molecule is CCc1ccc(C(Cl)c2ccc3c(c2)CCCO3)o1. The monoisotopic (exact) mass is 276 g/mol.